The molecule has 3 rings (SSSR count). The average molecular weight is 260 g/mol. The van der Waals surface area contributed by atoms with Crippen molar-refractivity contribution < 1.29 is 14.7 Å². The van der Waals surface area contributed by atoms with E-state index in [0.717, 1.165) is 24.1 Å². The number of amides is 1. The Labute approximate surface area is 111 Å². The average Bonchev–Trinajstić information content (AvgIpc) is 3.12. The summed E-state index contributed by atoms with van der Waals surface area (Å²) < 4.78 is 0. The number of carboxylic acids is 1. The zero-order valence-electron chi connectivity index (χ0n) is 10.4. The van der Waals surface area contributed by atoms with Gasteiger partial charge in [-0.25, -0.2) is 4.79 Å². The van der Waals surface area contributed by atoms with E-state index >= 15 is 0 Å². The van der Waals surface area contributed by atoms with Gasteiger partial charge in [-0.1, -0.05) is 18.2 Å². The molecule has 100 valence electrons. The standard InChI is InChI=1S/C14H16N2O3/c17-13(16-12(14(18)19)8-5-6-8)11-7-9-3-1-2-4-10(9)15-11/h1-4,8,11-12,15H,5-7H2,(H,16,17)(H,18,19)/t11-,12?/m0/s1. The topological polar surface area (TPSA) is 78.4 Å². The van der Waals surface area contributed by atoms with E-state index in [1.165, 1.54) is 0 Å². The quantitative estimate of drug-likeness (QED) is 0.754. The van der Waals surface area contributed by atoms with E-state index in [1.54, 1.807) is 0 Å². The van der Waals surface area contributed by atoms with Gasteiger partial charge in [0.15, 0.2) is 0 Å². The highest BCUT2D eigenvalue weighted by atomic mass is 16.4. The van der Waals surface area contributed by atoms with Crippen molar-refractivity contribution in [3.63, 3.8) is 0 Å². The summed E-state index contributed by atoms with van der Waals surface area (Å²) in [6, 6.07) is 6.65. The maximum atomic E-state index is 12.1. The van der Waals surface area contributed by atoms with Crippen LogP contribution >= 0.6 is 0 Å². The Bertz CT molecular complexity index is 500. The lowest BCUT2D eigenvalue weighted by atomic mass is 10.1. The van der Waals surface area contributed by atoms with Crippen LogP contribution in [0.4, 0.5) is 5.69 Å². The van der Waals surface area contributed by atoms with Gasteiger partial charge >= 0.3 is 5.97 Å². The van der Waals surface area contributed by atoms with E-state index in [0.29, 0.717) is 6.42 Å². The number of hydrogen-bond acceptors (Lipinski definition) is 3. The Morgan fingerprint density at radius 1 is 1.32 bits per heavy atom. The summed E-state index contributed by atoms with van der Waals surface area (Å²) in [5, 5.41) is 14.9. The van der Waals surface area contributed by atoms with Gasteiger partial charge in [0.1, 0.15) is 12.1 Å². The zero-order chi connectivity index (χ0) is 13.4. The fourth-order valence-electron chi connectivity index (χ4n) is 2.52. The van der Waals surface area contributed by atoms with Crippen molar-refractivity contribution in [1.82, 2.24) is 5.32 Å². The second-order valence-electron chi connectivity index (χ2n) is 5.22. The Hall–Kier alpha value is -2.04. The van der Waals surface area contributed by atoms with E-state index in [2.05, 4.69) is 10.6 Å². The van der Waals surface area contributed by atoms with Gasteiger partial charge in [0.2, 0.25) is 5.91 Å². The van der Waals surface area contributed by atoms with Crippen molar-refractivity contribution in [3.8, 4) is 0 Å². The first kappa shape index (κ1) is 12.0. The molecule has 1 aromatic rings. The van der Waals surface area contributed by atoms with E-state index in [9.17, 15) is 9.59 Å². The van der Waals surface area contributed by atoms with Crippen LogP contribution in [0.15, 0.2) is 24.3 Å². The Balaban J connectivity index is 1.64. The monoisotopic (exact) mass is 260 g/mol. The highest BCUT2D eigenvalue weighted by Gasteiger charge is 2.39. The molecule has 1 aliphatic heterocycles. The highest BCUT2D eigenvalue weighted by molar-refractivity contribution is 5.90. The van der Waals surface area contributed by atoms with E-state index in [1.807, 2.05) is 24.3 Å². The first-order valence-corrected chi connectivity index (χ1v) is 6.53. The van der Waals surface area contributed by atoms with Crippen LogP contribution in [0.25, 0.3) is 0 Å². The largest absolute Gasteiger partial charge is 0.480 e. The molecule has 1 aromatic carbocycles. The number of fused-ring (bicyclic) bond motifs is 1. The fourth-order valence-corrected chi connectivity index (χ4v) is 2.52. The first-order chi connectivity index (χ1) is 9.15. The lowest BCUT2D eigenvalue weighted by molar-refractivity contribution is -0.142. The third kappa shape index (κ3) is 2.41. The van der Waals surface area contributed by atoms with Gasteiger partial charge in [-0.3, -0.25) is 4.79 Å². The molecule has 0 saturated heterocycles. The SMILES string of the molecule is O=C(O)C(NC(=O)[C@@H]1Cc2ccccc2N1)C1CC1. The maximum absolute atomic E-state index is 12.1. The van der Waals surface area contributed by atoms with Crippen molar-refractivity contribution in [2.45, 2.75) is 31.3 Å². The molecule has 5 nitrogen and oxygen atoms in total. The van der Waals surface area contributed by atoms with Crippen molar-refractivity contribution >= 4 is 17.6 Å². The normalized spacial score (nSPS) is 22.2. The van der Waals surface area contributed by atoms with Crippen molar-refractivity contribution in [2.24, 2.45) is 5.92 Å². The summed E-state index contributed by atoms with van der Waals surface area (Å²) >= 11 is 0. The summed E-state index contributed by atoms with van der Waals surface area (Å²) in [4.78, 5) is 23.2. The van der Waals surface area contributed by atoms with Crippen molar-refractivity contribution in [2.75, 3.05) is 5.32 Å². The number of hydrogen-bond donors (Lipinski definition) is 3. The minimum atomic E-state index is -0.939. The van der Waals surface area contributed by atoms with E-state index < -0.39 is 12.0 Å². The number of carbonyl (C=O) groups is 2. The minimum Gasteiger partial charge on any atom is -0.480 e. The molecule has 1 heterocycles. The number of benzene rings is 1. The summed E-state index contributed by atoms with van der Waals surface area (Å²) in [6.45, 7) is 0. The van der Waals surface area contributed by atoms with Crippen LogP contribution in [0.2, 0.25) is 0 Å². The van der Waals surface area contributed by atoms with E-state index in [4.69, 9.17) is 5.11 Å². The highest BCUT2D eigenvalue weighted by Crippen LogP contribution is 2.33. The van der Waals surface area contributed by atoms with Crippen molar-refractivity contribution in [3.05, 3.63) is 29.8 Å². The van der Waals surface area contributed by atoms with Gasteiger partial charge < -0.3 is 15.7 Å². The smallest absolute Gasteiger partial charge is 0.326 e. The number of rotatable bonds is 4. The van der Waals surface area contributed by atoms with Crippen LogP contribution in [0, 0.1) is 5.92 Å². The van der Waals surface area contributed by atoms with Gasteiger partial charge in [0.25, 0.3) is 0 Å². The molecule has 3 N–H and O–H groups in total. The molecular formula is C14H16N2O3. The predicted molar refractivity (Wildman–Crippen MR) is 69.8 cm³/mol. The third-order valence-electron chi connectivity index (χ3n) is 3.74. The second kappa shape index (κ2) is 4.57. The van der Waals surface area contributed by atoms with Crippen LogP contribution in [0.5, 0.6) is 0 Å². The molecule has 5 heteroatoms. The van der Waals surface area contributed by atoms with E-state index in [-0.39, 0.29) is 17.9 Å². The molecule has 1 amide bonds. The van der Waals surface area contributed by atoms with Gasteiger partial charge in [-0.2, -0.15) is 0 Å². The molecule has 1 aliphatic carbocycles. The van der Waals surface area contributed by atoms with Crippen LogP contribution in [0.3, 0.4) is 0 Å². The molecular weight excluding hydrogens is 244 g/mol. The summed E-state index contributed by atoms with van der Waals surface area (Å²) in [7, 11) is 0. The number of carboxylic acid groups (broad SMARTS) is 1. The molecule has 0 radical (unpaired) electrons. The molecule has 19 heavy (non-hydrogen) atoms. The second-order valence-corrected chi connectivity index (χ2v) is 5.22. The summed E-state index contributed by atoms with van der Waals surface area (Å²) in [5.74, 6) is -1.06. The first-order valence-electron chi connectivity index (χ1n) is 6.53. The number of anilines is 1. The lowest BCUT2D eigenvalue weighted by Crippen LogP contribution is -2.48. The Morgan fingerprint density at radius 2 is 2.05 bits per heavy atom. The van der Waals surface area contributed by atoms with Gasteiger partial charge in [-0.15, -0.1) is 0 Å². The van der Waals surface area contributed by atoms with Gasteiger partial charge in [-0.05, 0) is 30.4 Å². The number of nitrogens with one attached hydrogen (secondary N) is 2. The molecule has 1 saturated carbocycles. The molecule has 2 aliphatic rings. The van der Waals surface area contributed by atoms with Gasteiger partial charge in [0, 0.05) is 12.1 Å². The zero-order valence-corrected chi connectivity index (χ0v) is 10.4. The van der Waals surface area contributed by atoms with Crippen LogP contribution in [-0.2, 0) is 16.0 Å². The summed E-state index contributed by atoms with van der Waals surface area (Å²) in [5.41, 5.74) is 2.06. The molecule has 0 bridgehead atoms. The summed E-state index contributed by atoms with van der Waals surface area (Å²) in [6.07, 6.45) is 2.38. The Kier molecular flexibility index (Phi) is 2.89. The lowest BCUT2D eigenvalue weighted by Gasteiger charge is -2.17. The molecule has 1 fully saturated rings. The van der Waals surface area contributed by atoms with Crippen LogP contribution < -0.4 is 10.6 Å². The fraction of sp³-hybridized carbons (Fsp3) is 0.429. The maximum Gasteiger partial charge on any atom is 0.326 e. The number of para-hydroxylation sites is 1. The molecule has 0 spiro atoms. The number of aliphatic carboxylic acids is 1. The van der Waals surface area contributed by atoms with Gasteiger partial charge in [0.05, 0.1) is 0 Å². The van der Waals surface area contributed by atoms with Crippen molar-refractivity contribution in [1.29, 1.82) is 0 Å². The van der Waals surface area contributed by atoms with Crippen LogP contribution in [0.1, 0.15) is 18.4 Å². The predicted octanol–water partition coefficient (Wildman–Crippen LogP) is 1.00. The molecule has 0 aromatic heterocycles. The minimum absolute atomic E-state index is 0.102. The van der Waals surface area contributed by atoms with Crippen LogP contribution in [-0.4, -0.2) is 29.1 Å². The molecule has 2 atom stereocenters. The molecule has 1 unspecified atom stereocenters. The Morgan fingerprint density at radius 3 is 2.68 bits per heavy atom. The third-order valence-corrected chi connectivity index (χ3v) is 3.74. The number of carbonyl (C=O) groups excluding carboxylic acids is 1.